The molecule has 0 radical (unpaired) electrons. The lowest BCUT2D eigenvalue weighted by Gasteiger charge is -2.19. The summed E-state index contributed by atoms with van der Waals surface area (Å²) in [7, 11) is 0. The lowest BCUT2D eigenvalue weighted by Crippen LogP contribution is -2.38. The van der Waals surface area contributed by atoms with Crippen molar-refractivity contribution in [3.8, 4) is 0 Å². The normalized spacial score (nSPS) is 19.3. The Kier molecular flexibility index (Phi) is 4.52. The summed E-state index contributed by atoms with van der Waals surface area (Å²) in [5.41, 5.74) is -0.519. The first-order valence-electron chi connectivity index (χ1n) is 6.73. The van der Waals surface area contributed by atoms with Crippen molar-refractivity contribution < 1.29 is 18.8 Å². The number of benzene rings is 1. The average molecular weight is 296 g/mol. The van der Waals surface area contributed by atoms with Gasteiger partial charge in [-0.2, -0.15) is 0 Å². The minimum absolute atomic E-state index is 0.0752. The molecule has 21 heavy (non-hydrogen) atoms. The molecule has 1 amide bonds. The summed E-state index contributed by atoms with van der Waals surface area (Å²) in [5.74, 6) is -1.19. The first kappa shape index (κ1) is 15.4. The molecule has 1 heterocycles. The topological polar surface area (TPSA) is 81.5 Å². The summed E-state index contributed by atoms with van der Waals surface area (Å²) in [5, 5.41) is 13.5. The van der Waals surface area contributed by atoms with Crippen molar-refractivity contribution in [2.75, 3.05) is 13.2 Å². The van der Waals surface area contributed by atoms with Gasteiger partial charge in [-0.05, 0) is 25.8 Å². The van der Waals surface area contributed by atoms with Crippen LogP contribution in [0.15, 0.2) is 12.1 Å². The van der Waals surface area contributed by atoms with Gasteiger partial charge < -0.3 is 10.1 Å². The second-order valence-electron chi connectivity index (χ2n) is 5.27. The van der Waals surface area contributed by atoms with E-state index in [1.165, 1.54) is 6.92 Å². The molecule has 7 heteroatoms. The van der Waals surface area contributed by atoms with E-state index in [1.807, 2.05) is 6.92 Å². The van der Waals surface area contributed by atoms with Gasteiger partial charge in [-0.25, -0.2) is 4.39 Å². The molecule has 0 aliphatic carbocycles. The van der Waals surface area contributed by atoms with E-state index in [4.69, 9.17) is 4.74 Å². The van der Waals surface area contributed by atoms with E-state index < -0.39 is 16.6 Å². The third-order valence-corrected chi connectivity index (χ3v) is 3.73. The van der Waals surface area contributed by atoms with Crippen LogP contribution < -0.4 is 5.32 Å². The smallest absolute Gasteiger partial charge is 0.270 e. The summed E-state index contributed by atoms with van der Waals surface area (Å²) in [6.07, 6.45) is 0.831. The van der Waals surface area contributed by atoms with E-state index >= 15 is 0 Å². The molecule has 0 spiro atoms. The SMILES string of the molecule is Cc1cc([N+](=O)[O-])cc(C(=O)NC(C)C2CCOC2)c1F. The minimum Gasteiger partial charge on any atom is -0.381 e. The van der Waals surface area contributed by atoms with Crippen LogP contribution in [0, 0.1) is 28.8 Å². The van der Waals surface area contributed by atoms with Gasteiger partial charge in [0.25, 0.3) is 11.6 Å². The Morgan fingerprint density at radius 1 is 1.57 bits per heavy atom. The Morgan fingerprint density at radius 3 is 2.86 bits per heavy atom. The lowest BCUT2D eigenvalue weighted by atomic mass is 10.00. The molecule has 1 fully saturated rings. The number of rotatable bonds is 4. The summed E-state index contributed by atoms with van der Waals surface area (Å²) >= 11 is 0. The van der Waals surface area contributed by atoms with Gasteiger partial charge in [0.2, 0.25) is 0 Å². The van der Waals surface area contributed by atoms with Crippen molar-refractivity contribution in [1.29, 1.82) is 0 Å². The average Bonchev–Trinajstić information content (AvgIpc) is 2.95. The highest BCUT2D eigenvalue weighted by atomic mass is 19.1. The number of carbonyl (C=O) groups excluding carboxylic acids is 1. The fourth-order valence-electron chi connectivity index (χ4n) is 2.37. The number of hydrogen-bond donors (Lipinski definition) is 1. The minimum atomic E-state index is -0.729. The summed E-state index contributed by atoms with van der Waals surface area (Å²) in [6, 6.07) is 1.90. The fraction of sp³-hybridized carbons (Fsp3) is 0.500. The predicted octanol–water partition coefficient (Wildman–Crippen LogP) is 2.20. The van der Waals surface area contributed by atoms with Crippen LogP contribution in [0.5, 0.6) is 0 Å². The van der Waals surface area contributed by atoms with Gasteiger partial charge in [0.15, 0.2) is 0 Å². The number of nitrogens with one attached hydrogen (secondary N) is 1. The summed E-state index contributed by atoms with van der Waals surface area (Å²) < 4.78 is 19.3. The Balaban J connectivity index is 2.19. The molecule has 1 aromatic carbocycles. The van der Waals surface area contributed by atoms with Crippen LogP contribution in [0.2, 0.25) is 0 Å². The number of hydrogen-bond acceptors (Lipinski definition) is 4. The highest BCUT2D eigenvalue weighted by Crippen LogP contribution is 2.22. The van der Waals surface area contributed by atoms with Gasteiger partial charge in [-0.1, -0.05) is 0 Å². The van der Waals surface area contributed by atoms with Crippen molar-refractivity contribution in [3.05, 3.63) is 39.2 Å². The van der Waals surface area contributed by atoms with Crippen molar-refractivity contribution in [2.24, 2.45) is 5.92 Å². The maximum Gasteiger partial charge on any atom is 0.270 e. The van der Waals surface area contributed by atoms with Gasteiger partial charge in [0, 0.05) is 30.7 Å². The zero-order chi connectivity index (χ0) is 15.6. The predicted molar refractivity (Wildman–Crippen MR) is 73.6 cm³/mol. The van der Waals surface area contributed by atoms with Crippen LogP contribution in [0.4, 0.5) is 10.1 Å². The highest BCUT2D eigenvalue weighted by Gasteiger charge is 2.26. The second kappa shape index (κ2) is 6.17. The van der Waals surface area contributed by atoms with Gasteiger partial charge in [0.05, 0.1) is 17.1 Å². The van der Waals surface area contributed by atoms with Gasteiger partial charge in [-0.3, -0.25) is 14.9 Å². The number of carbonyl (C=O) groups is 1. The molecule has 114 valence electrons. The number of nitro groups is 1. The number of ether oxygens (including phenoxy) is 1. The molecule has 2 unspecified atom stereocenters. The number of aryl methyl sites for hydroxylation is 1. The Bertz CT molecular complexity index is 570. The number of non-ortho nitro benzene ring substituents is 1. The summed E-state index contributed by atoms with van der Waals surface area (Å²) in [4.78, 5) is 22.3. The number of halogens is 1. The first-order valence-corrected chi connectivity index (χ1v) is 6.73. The maximum absolute atomic E-state index is 14.0. The molecular formula is C14H17FN2O4. The summed E-state index contributed by atoms with van der Waals surface area (Å²) in [6.45, 7) is 4.42. The van der Waals surface area contributed by atoms with Crippen LogP contribution >= 0.6 is 0 Å². The molecule has 1 aliphatic rings. The van der Waals surface area contributed by atoms with Crippen LogP contribution in [0.3, 0.4) is 0 Å². The van der Waals surface area contributed by atoms with E-state index in [0.717, 1.165) is 18.6 Å². The van der Waals surface area contributed by atoms with Gasteiger partial charge in [-0.15, -0.1) is 0 Å². The lowest BCUT2D eigenvalue weighted by molar-refractivity contribution is -0.385. The number of nitrogens with zero attached hydrogens (tertiary/aromatic N) is 1. The van der Waals surface area contributed by atoms with E-state index in [-0.39, 0.29) is 28.8 Å². The molecule has 1 saturated heterocycles. The molecule has 0 bridgehead atoms. The van der Waals surface area contributed by atoms with Crippen LogP contribution in [-0.2, 0) is 4.74 Å². The van der Waals surface area contributed by atoms with E-state index in [1.54, 1.807) is 0 Å². The molecule has 0 aromatic heterocycles. The van der Waals surface area contributed by atoms with Crippen LogP contribution in [0.25, 0.3) is 0 Å². The number of nitro benzene ring substituents is 1. The molecule has 1 N–H and O–H groups in total. The zero-order valence-corrected chi connectivity index (χ0v) is 11.9. The molecule has 0 saturated carbocycles. The van der Waals surface area contributed by atoms with Crippen LogP contribution in [0.1, 0.15) is 29.3 Å². The monoisotopic (exact) mass is 296 g/mol. The molecule has 6 nitrogen and oxygen atoms in total. The van der Waals surface area contributed by atoms with E-state index in [9.17, 15) is 19.3 Å². The Labute approximate surface area is 121 Å². The van der Waals surface area contributed by atoms with E-state index in [2.05, 4.69) is 5.32 Å². The van der Waals surface area contributed by atoms with E-state index in [0.29, 0.717) is 13.2 Å². The maximum atomic E-state index is 14.0. The molecule has 2 rings (SSSR count). The van der Waals surface area contributed by atoms with Crippen LogP contribution in [-0.4, -0.2) is 30.1 Å². The van der Waals surface area contributed by atoms with Crippen molar-refractivity contribution in [1.82, 2.24) is 5.32 Å². The quantitative estimate of drug-likeness (QED) is 0.682. The van der Waals surface area contributed by atoms with Gasteiger partial charge in [0.1, 0.15) is 5.82 Å². The largest absolute Gasteiger partial charge is 0.381 e. The van der Waals surface area contributed by atoms with Crippen molar-refractivity contribution >= 4 is 11.6 Å². The second-order valence-corrected chi connectivity index (χ2v) is 5.27. The van der Waals surface area contributed by atoms with Crippen molar-refractivity contribution in [2.45, 2.75) is 26.3 Å². The fourth-order valence-corrected chi connectivity index (χ4v) is 2.37. The standard InChI is InChI=1S/C14H17FN2O4/c1-8-5-11(17(19)20)6-12(13(8)15)14(18)16-9(2)10-3-4-21-7-10/h5-6,9-10H,3-4,7H2,1-2H3,(H,16,18). The molecular weight excluding hydrogens is 279 g/mol. The first-order chi connectivity index (χ1) is 9.90. The van der Waals surface area contributed by atoms with Crippen molar-refractivity contribution in [3.63, 3.8) is 0 Å². The third kappa shape index (κ3) is 3.36. The Morgan fingerprint density at radius 2 is 2.29 bits per heavy atom. The highest BCUT2D eigenvalue weighted by molar-refractivity contribution is 5.95. The molecule has 2 atom stereocenters. The number of amides is 1. The zero-order valence-electron chi connectivity index (χ0n) is 11.9. The molecule has 1 aromatic rings. The van der Waals surface area contributed by atoms with Gasteiger partial charge >= 0.3 is 0 Å². The Hall–Kier alpha value is -2.02. The molecule has 1 aliphatic heterocycles. The third-order valence-electron chi connectivity index (χ3n) is 3.73.